The van der Waals surface area contributed by atoms with Gasteiger partial charge < -0.3 is 14.9 Å². The molecule has 1 aromatic heterocycles. The van der Waals surface area contributed by atoms with Crippen LogP contribution < -0.4 is 5.32 Å². The molecule has 9 heteroatoms. The van der Waals surface area contributed by atoms with Crippen LogP contribution in [0.2, 0.25) is 0 Å². The number of nitrogens with one attached hydrogen (secondary N) is 1. The first-order valence-electron chi connectivity index (χ1n) is 11.0. The largest absolute Gasteiger partial charge is 0.481 e. The van der Waals surface area contributed by atoms with Crippen LogP contribution in [-0.4, -0.2) is 51.1 Å². The van der Waals surface area contributed by atoms with E-state index >= 15 is 0 Å². The van der Waals surface area contributed by atoms with E-state index in [9.17, 15) is 9.18 Å². The summed E-state index contributed by atoms with van der Waals surface area (Å²) >= 11 is 0. The fourth-order valence-corrected chi connectivity index (χ4v) is 3.86. The first-order valence-corrected chi connectivity index (χ1v) is 11.0. The van der Waals surface area contributed by atoms with Crippen LogP contribution in [0.15, 0.2) is 58.2 Å². The Hall–Kier alpha value is -3.59. The third-order valence-electron chi connectivity index (χ3n) is 5.53. The van der Waals surface area contributed by atoms with Crippen LogP contribution in [0.5, 0.6) is 0 Å². The third kappa shape index (κ3) is 5.61. The van der Waals surface area contributed by atoms with Crippen molar-refractivity contribution in [3.8, 4) is 11.4 Å². The predicted molar refractivity (Wildman–Crippen MR) is 121 cm³/mol. The number of hydrogen-bond donors (Lipinski definition) is 2. The standard InChI is InChI=1S/C24H26FN5O3/c1-2-30-18(12-16-6-4-3-5-7-16)14-21(28-30)24-27-23(29-33-24)19-9-8-17(13-20(19)25)15-26-11-10-22(31)32/h3-9,13,18,26H,2,10-12,14-15H2,1H3,(H,31,32). The average Bonchev–Trinajstić information content (AvgIpc) is 3.44. The Morgan fingerprint density at radius 3 is 2.79 bits per heavy atom. The lowest BCUT2D eigenvalue weighted by Crippen LogP contribution is -2.28. The Kier molecular flexibility index (Phi) is 7.09. The van der Waals surface area contributed by atoms with Crippen molar-refractivity contribution in [3.05, 3.63) is 71.4 Å². The molecular formula is C24H26FN5O3. The zero-order chi connectivity index (χ0) is 23.2. The molecule has 0 saturated carbocycles. The maximum absolute atomic E-state index is 14.7. The fourth-order valence-electron chi connectivity index (χ4n) is 3.86. The number of aromatic nitrogens is 2. The summed E-state index contributed by atoms with van der Waals surface area (Å²) in [5.41, 5.74) is 2.89. The lowest BCUT2D eigenvalue weighted by Gasteiger charge is -2.21. The Morgan fingerprint density at radius 2 is 2.06 bits per heavy atom. The fraction of sp³-hybridized carbons (Fsp3) is 0.333. The molecule has 0 aliphatic carbocycles. The highest BCUT2D eigenvalue weighted by Crippen LogP contribution is 2.25. The number of hydrogen-bond acceptors (Lipinski definition) is 7. The highest BCUT2D eigenvalue weighted by atomic mass is 19.1. The molecule has 8 nitrogen and oxygen atoms in total. The highest BCUT2D eigenvalue weighted by Gasteiger charge is 2.30. The van der Waals surface area contributed by atoms with Gasteiger partial charge in [0, 0.05) is 26.1 Å². The van der Waals surface area contributed by atoms with Gasteiger partial charge in [-0.1, -0.05) is 41.6 Å². The minimum atomic E-state index is -0.878. The summed E-state index contributed by atoms with van der Waals surface area (Å²) in [7, 11) is 0. The number of nitrogens with zero attached hydrogens (tertiary/aromatic N) is 4. The molecule has 1 unspecified atom stereocenters. The van der Waals surface area contributed by atoms with E-state index in [1.807, 2.05) is 23.2 Å². The summed E-state index contributed by atoms with van der Waals surface area (Å²) in [5, 5.41) is 22.3. The molecule has 0 saturated heterocycles. The van der Waals surface area contributed by atoms with Crippen molar-refractivity contribution in [1.82, 2.24) is 20.5 Å². The van der Waals surface area contributed by atoms with Crippen molar-refractivity contribution in [1.29, 1.82) is 0 Å². The predicted octanol–water partition coefficient (Wildman–Crippen LogP) is 3.48. The quantitative estimate of drug-likeness (QED) is 0.455. The highest BCUT2D eigenvalue weighted by molar-refractivity contribution is 5.98. The molecule has 0 amide bonds. The Balaban J connectivity index is 1.42. The van der Waals surface area contributed by atoms with Crippen molar-refractivity contribution in [2.75, 3.05) is 13.1 Å². The van der Waals surface area contributed by atoms with Crippen LogP contribution >= 0.6 is 0 Å². The lowest BCUT2D eigenvalue weighted by atomic mass is 10.0. The van der Waals surface area contributed by atoms with Gasteiger partial charge >= 0.3 is 5.97 Å². The van der Waals surface area contributed by atoms with E-state index in [-0.39, 0.29) is 23.9 Å². The van der Waals surface area contributed by atoms with E-state index in [4.69, 9.17) is 9.63 Å². The minimum absolute atomic E-state index is 0.0117. The number of likely N-dealkylation sites (N-methyl/N-ethyl adjacent to an activating group) is 1. The molecule has 0 spiro atoms. The summed E-state index contributed by atoms with van der Waals surface area (Å²) in [6.07, 6.45) is 1.55. The topological polar surface area (TPSA) is 104 Å². The third-order valence-corrected chi connectivity index (χ3v) is 5.53. The second kappa shape index (κ2) is 10.4. The molecule has 2 aromatic carbocycles. The van der Waals surface area contributed by atoms with Crippen LogP contribution in [0.25, 0.3) is 11.4 Å². The van der Waals surface area contributed by atoms with Gasteiger partial charge in [0.25, 0.3) is 5.89 Å². The van der Waals surface area contributed by atoms with E-state index in [0.717, 1.165) is 13.0 Å². The van der Waals surface area contributed by atoms with Gasteiger partial charge in [0.05, 0.1) is 18.0 Å². The molecule has 2 N–H and O–H groups in total. The van der Waals surface area contributed by atoms with Crippen LogP contribution in [0.3, 0.4) is 0 Å². The Bertz CT molecular complexity index is 1130. The molecular weight excluding hydrogens is 425 g/mol. The number of rotatable bonds is 10. The molecule has 4 rings (SSSR count). The van der Waals surface area contributed by atoms with E-state index in [0.29, 0.717) is 36.7 Å². The summed E-state index contributed by atoms with van der Waals surface area (Å²) in [4.78, 5) is 15.0. The first-order chi connectivity index (χ1) is 16.0. The summed E-state index contributed by atoms with van der Waals surface area (Å²) in [5.74, 6) is -0.870. The molecule has 1 atom stereocenters. The van der Waals surface area contributed by atoms with E-state index in [1.54, 1.807) is 12.1 Å². The smallest absolute Gasteiger partial charge is 0.304 e. The number of carbonyl (C=O) groups is 1. The van der Waals surface area contributed by atoms with E-state index in [1.165, 1.54) is 11.6 Å². The normalized spacial score (nSPS) is 15.6. The van der Waals surface area contributed by atoms with Gasteiger partial charge in [0.2, 0.25) is 5.82 Å². The maximum atomic E-state index is 14.7. The molecule has 172 valence electrons. The zero-order valence-corrected chi connectivity index (χ0v) is 18.4. The molecule has 1 aliphatic heterocycles. The molecule has 2 heterocycles. The van der Waals surface area contributed by atoms with Crippen LogP contribution in [0.4, 0.5) is 4.39 Å². The van der Waals surface area contributed by atoms with Gasteiger partial charge in [-0.15, -0.1) is 0 Å². The van der Waals surface area contributed by atoms with Gasteiger partial charge in [0.15, 0.2) is 0 Å². The SMILES string of the molecule is CCN1N=C(c2nc(-c3ccc(CNCCC(=O)O)cc3F)no2)CC1Cc1ccccc1. The number of aliphatic carboxylic acids is 1. The average molecular weight is 452 g/mol. The Labute approximate surface area is 191 Å². The van der Waals surface area contributed by atoms with Gasteiger partial charge in [-0.3, -0.25) is 9.80 Å². The minimum Gasteiger partial charge on any atom is -0.481 e. The van der Waals surface area contributed by atoms with Crippen molar-refractivity contribution < 1.29 is 18.8 Å². The van der Waals surface area contributed by atoms with Gasteiger partial charge in [-0.2, -0.15) is 10.1 Å². The molecule has 0 fully saturated rings. The maximum Gasteiger partial charge on any atom is 0.304 e. The number of hydrazone groups is 1. The van der Waals surface area contributed by atoms with Crippen molar-refractivity contribution in [2.24, 2.45) is 5.10 Å². The molecule has 3 aromatic rings. The van der Waals surface area contributed by atoms with Crippen molar-refractivity contribution in [2.45, 2.75) is 38.8 Å². The number of carboxylic acids is 1. The summed E-state index contributed by atoms with van der Waals surface area (Å²) in [6.45, 7) is 3.50. The summed E-state index contributed by atoms with van der Waals surface area (Å²) < 4.78 is 20.1. The van der Waals surface area contributed by atoms with Crippen LogP contribution in [0, 0.1) is 5.82 Å². The van der Waals surface area contributed by atoms with Crippen molar-refractivity contribution >= 4 is 11.7 Å². The molecule has 1 aliphatic rings. The second-order valence-corrected chi connectivity index (χ2v) is 7.91. The number of carboxylic acid groups (broad SMARTS) is 1. The number of halogens is 1. The zero-order valence-electron chi connectivity index (χ0n) is 18.4. The number of benzene rings is 2. The molecule has 0 radical (unpaired) electrons. The summed E-state index contributed by atoms with van der Waals surface area (Å²) in [6, 6.07) is 15.2. The van der Waals surface area contributed by atoms with Crippen LogP contribution in [0.1, 0.15) is 36.8 Å². The van der Waals surface area contributed by atoms with E-state index in [2.05, 4.69) is 39.6 Å². The molecule has 0 bridgehead atoms. The molecule has 33 heavy (non-hydrogen) atoms. The van der Waals surface area contributed by atoms with Gasteiger partial charge in [0.1, 0.15) is 11.5 Å². The monoisotopic (exact) mass is 451 g/mol. The van der Waals surface area contributed by atoms with Crippen LogP contribution in [-0.2, 0) is 17.8 Å². The second-order valence-electron chi connectivity index (χ2n) is 7.91. The van der Waals surface area contributed by atoms with Crippen molar-refractivity contribution in [3.63, 3.8) is 0 Å². The lowest BCUT2D eigenvalue weighted by molar-refractivity contribution is -0.136. The van der Waals surface area contributed by atoms with Gasteiger partial charge in [-0.25, -0.2) is 4.39 Å². The Morgan fingerprint density at radius 1 is 1.24 bits per heavy atom. The van der Waals surface area contributed by atoms with Gasteiger partial charge in [-0.05, 0) is 36.6 Å². The van der Waals surface area contributed by atoms with E-state index < -0.39 is 11.8 Å². The first kappa shape index (κ1) is 22.6.